The standard InChI is InChI=1S/C20H29N3OS/c1-5-23(14(2)3)20(24)19-13-16-12-17(6-7-18(16)21-19)25-22-10-8-15(4)9-11-22/h6-7,12-15,21H,5,8-11H2,1-4H3. The maximum atomic E-state index is 12.7. The van der Waals surface area contributed by atoms with Crippen LogP contribution >= 0.6 is 11.9 Å². The van der Waals surface area contributed by atoms with Gasteiger partial charge in [0, 0.05) is 41.5 Å². The summed E-state index contributed by atoms with van der Waals surface area (Å²) in [4.78, 5) is 19.1. The zero-order valence-corrected chi connectivity index (χ0v) is 16.5. The van der Waals surface area contributed by atoms with Crippen molar-refractivity contribution in [2.75, 3.05) is 19.6 Å². The Morgan fingerprint density at radius 2 is 2.04 bits per heavy atom. The molecule has 1 aliphatic heterocycles. The predicted octanol–water partition coefficient (Wildman–Crippen LogP) is 4.78. The van der Waals surface area contributed by atoms with Gasteiger partial charge in [-0.3, -0.25) is 4.79 Å². The third-order valence-corrected chi connectivity index (χ3v) is 6.11. The molecule has 0 spiro atoms. The number of rotatable bonds is 5. The van der Waals surface area contributed by atoms with Crippen molar-refractivity contribution in [2.24, 2.45) is 5.92 Å². The van der Waals surface area contributed by atoms with Gasteiger partial charge in [-0.1, -0.05) is 6.92 Å². The highest BCUT2D eigenvalue weighted by molar-refractivity contribution is 7.97. The molecule has 0 bridgehead atoms. The fourth-order valence-electron chi connectivity index (χ4n) is 3.41. The number of carbonyl (C=O) groups excluding carboxylic acids is 1. The van der Waals surface area contributed by atoms with E-state index in [0.717, 1.165) is 36.5 Å². The van der Waals surface area contributed by atoms with Crippen LogP contribution < -0.4 is 0 Å². The minimum Gasteiger partial charge on any atom is -0.351 e. The Balaban J connectivity index is 1.76. The van der Waals surface area contributed by atoms with Gasteiger partial charge in [0.05, 0.1) is 0 Å². The predicted molar refractivity (Wildman–Crippen MR) is 106 cm³/mol. The molecule has 3 rings (SSSR count). The fraction of sp³-hybridized carbons (Fsp3) is 0.550. The zero-order chi connectivity index (χ0) is 18.0. The first-order valence-electron chi connectivity index (χ1n) is 9.34. The number of fused-ring (bicyclic) bond motifs is 1. The van der Waals surface area contributed by atoms with Crippen LogP contribution in [0.5, 0.6) is 0 Å². The molecule has 5 heteroatoms. The largest absolute Gasteiger partial charge is 0.351 e. The summed E-state index contributed by atoms with van der Waals surface area (Å²) in [6.45, 7) is 11.5. The van der Waals surface area contributed by atoms with E-state index in [2.05, 4.69) is 48.3 Å². The minimum absolute atomic E-state index is 0.0768. The Bertz CT molecular complexity index is 732. The molecule has 1 aliphatic rings. The average Bonchev–Trinajstić information content (AvgIpc) is 3.00. The molecule has 4 nitrogen and oxygen atoms in total. The van der Waals surface area contributed by atoms with Crippen molar-refractivity contribution in [3.05, 3.63) is 30.0 Å². The first-order chi connectivity index (χ1) is 12.0. The summed E-state index contributed by atoms with van der Waals surface area (Å²) in [7, 11) is 0. The second kappa shape index (κ2) is 7.83. The molecule has 1 N–H and O–H groups in total. The second-order valence-electron chi connectivity index (χ2n) is 7.32. The number of carbonyl (C=O) groups is 1. The molecular weight excluding hydrogens is 330 g/mol. The van der Waals surface area contributed by atoms with Crippen molar-refractivity contribution < 1.29 is 4.79 Å². The van der Waals surface area contributed by atoms with Gasteiger partial charge < -0.3 is 9.88 Å². The number of H-pyrrole nitrogens is 1. The summed E-state index contributed by atoms with van der Waals surface area (Å²) in [6, 6.07) is 8.63. The smallest absolute Gasteiger partial charge is 0.270 e. The van der Waals surface area contributed by atoms with Gasteiger partial charge in [0.15, 0.2) is 0 Å². The monoisotopic (exact) mass is 359 g/mol. The maximum Gasteiger partial charge on any atom is 0.270 e. The highest BCUT2D eigenvalue weighted by Crippen LogP contribution is 2.30. The summed E-state index contributed by atoms with van der Waals surface area (Å²) in [6.07, 6.45) is 2.56. The fourth-order valence-corrected chi connectivity index (χ4v) is 4.41. The van der Waals surface area contributed by atoms with Gasteiger partial charge in [0.2, 0.25) is 0 Å². The summed E-state index contributed by atoms with van der Waals surface area (Å²) in [5.74, 6) is 0.924. The minimum atomic E-state index is 0.0768. The number of aromatic nitrogens is 1. The van der Waals surface area contributed by atoms with Crippen LogP contribution in [-0.2, 0) is 0 Å². The van der Waals surface area contributed by atoms with Crippen molar-refractivity contribution in [1.29, 1.82) is 0 Å². The third-order valence-electron chi connectivity index (χ3n) is 5.02. The highest BCUT2D eigenvalue weighted by atomic mass is 32.2. The van der Waals surface area contributed by atoms with Crippen molar-refractivity contribution in [3.63, 3.8) is 0 Å². The normalized spacial score (nSPS) is 16.7. The van der Waals surface area contributed by atoms with E-state index >= 15 is 0 Å². The molecule has 0 unspecified atom stereocenters. The number of nitrogens with zero attached hydrogens (tertiary/aromatic N) is 2. The zero-order valence-electron chi connectivity index (χ0n) is 15.7. The van der Waals surface area contributed by atoms with Crippen molar-refractivity contribution in [1.82, 2.24) is 14.2 Å². The molecule has 1 fully saturated rings. The van der Waals surface area contributed by atoms with Crippen LogP contribution in [0.4, 0.5) is 0 Å². The Hall–Kier alpha value is -1.46. The quantitative estimate of drug-likeness (QED) is 0.781. The van der Waals surface area contributed by atoms with Crippen molar-refractivity contribution in [2.45, 2.75) is 51.5 Å². The molecule has 2 aromatic rings. The average molecular weight is 360 g/mol. The molecular formula is C20H29N3OS. The van der Waals surface area contributed by atoms with Gasteiger partial charge >= 0.3 is 0 Å². The Kier molecular flexibility index (Phi) is 5.74. The molecule has 0 atom stereocenters. The summed E-state index contributed by atoms with van der Waals surface area (Å²) < 4.78 is 2.46. The number of piperidine rings is 1. The Morgan fingerprint density at radius 1 is 1.32 bits per heavy atom. The van der Waals surface area contributed by atoms with Gasteiger partial charge in [0.25, 0.3) is 5.91 Å². The molecule has 1 saturated heterocycles. The maximum absolute atomic E-state index is 12.7. The molecule has 25 heavy (non-hydrogen) atoms. The molecule has 1 aromatic carbocycles. The number of nitrogens with one attached hydrogen (secondary N) is 1. The second-order valence-corrected chi connectivity index (χ2v) is 8.49. The van der Waals surface area contributed by atoms with Crippen LogP contribution in [0.2, 0.25) is 0 Å². The summed E-state index contributed by atoms with van der Waals surface area (Å²) >= 11 is 1.84. The van der Waals surface area contributed by atoms with Crippen LogP contribution in [0.3, 0.4) is 0 Å². The molecule has 1 amide bonds. The number of hydrogen-bond donors (Lipinski definition) is 1. The summed E-state index contributed by atoms with van der Waals surface area (Å²) in [5.41, 5.74) is 1.71. The highest BCUT2D eigenvalue weighted by Gasteiger charge is 2.20. The van der Waals surface area contributed by atoms with Crippen LogP contribution in [0.25, 0.3) is 10.9 Å². The van der Waals surface area contributed by atoms with Gasteiger partial charge in [0.1, 0.15) is 5.69 Å². The first-order valence-corrected chi connectivity index (χ1v) is 10.1. The van der Waals surface area contributed by atoms with Crippen LogP contribution in [-0.4, -0.2) is 45.8 Å². The van der Waals surface area contributed by atoms with E-state index < -0.39 is 0 Å². The van der Waals surface area contributed by atoms with E-state index in [1.165, 1.54) is 17.7 Å². The Morgan fingerprint density at radius 3 is 2.68 bits per heavy atom. The third kappa shape index (κ3) is 4.21. The van der Waals surface area contributed by atoms with Crippen LogP contribution in [0, 0.1) is 5.92 Å². The number of benzene rings is 1. The lowest BCUT2D eigenvalue weighted by Crippen LogP contribution is -2.36. The lowest BCUT2D eigenvalue weighted by Gasteiger charge is -2.28. The van der Waals surface area contributed by atoms with E-state index in [-0.39, 0.29) is 11.9 Å². The number of aromatic amines is 1. The van der Waals surface area contributed by atoms with Gasteiger partial charge in [-0.25, -0.2) is 4.31 Å². The lowest BCUT2D eigenvalue weighted by atomic mass is 10.0. The Labute approximate surface area is 155 Å². The van der Waals surface area contributed by atoms with Crippen molar-refractivity contribution in [3.8, 4) is 0 Å². The molecule has 2 heterocycles. The topological polar surface area (TPSA) is 39.3 Å². The lowest BCUT2D eigenvalue weighted by molar-refractivity contribution is 0.0712. The number of hydrogen-bond acceptors (Lipinski definition) is 3. The van der Waals surface area contributed by atoms with Gasteiger partial charge in [-0.15, -0.1) is 0 Å². The van der Waals surface area contributed by atoms with Crippen LogP contribution in [0.15, 0.2) is 29.2 Å². The molecule has 0 aliphatic carbocycles. The molecule has 0 saturated carbocycles. The summed E-state index contributed by atoms with van der Waals surface area (Å²) in [5, 5.41) is 1.11. The van der Waals surface area contributed by atoms with E-state index in [1.807, 2.05) is 29.8 Å². The van der Waals surface area contributed by atoms with E-state index in [9.17, 15) is 4.79 Å². The van der Waals surface area contributed by atoms with Gasteiger partial charge in [-0.05, 0) is 75.7 Å². The van der Waals surface area contributed by atoms with E-state index in [4.69, 9.17) is 0 Å². The van der Waals surface area contributed by atoms with Crippen molar-refractivity contribution >= 4 is 28.8 Å². The first kappa shape index (κ1) is 18.3. The van der Waals surface area contributed by atoms with Crippen LogP contribution in [0.1, 0.15) is 51.0 Å². The number of amides is 1. The van der Waals surface area contributed by atoms with E-state index in [0.29, 0.717) is 5.69 Å². The van der Waals surface area contributed by atoms with E-state index in [1.54, 1.807) is 0 Å². The van der Waals surface area contributed by atoms with Gasteiger partial charge in [-0.2, -0.15) is 0 Å². The SMILES string of the molecule is CCN(C(=O)c1cc2cc(SN3CCC(C)CC3)ccc2[nH]1)C(C)C. The molecule has 1 aromatic heterocycles. The molecule has 136 valence electrons. The molecule has 0 radical (unpaired) electrons.